The number of hydrogen-bond donors (Lipinski definition) is 2. The molecule has 0 fully saturated rings. The van der Waals surface area contributed by atoms with Crippen molar-refractivity contribution in [3.63, 3.8) is 0 Å². The summed E-state index contributed by atoms with van der Waals surface area (Å²) < 4.78 is 5.63. The number of carbonyl (C=O) groups is 3. The van der Waals surface area contributed by atoms with Gasteiger partial charge in [0.2, 0.25) is 5.91 Å². The van der Waals surface area contributed by atoms with Crippen molar-refractivity contribution < 1.29 is 24.2 Å². The van der Waals surface area contributed by atoms with E-state index in [1.807, 2.05) is 30.3 Å². The van der Waals surface area contributed by atoms with Gasteiger partial charge in [-0.3, -0.25) is 14.4 Å². The van der Waals surface area contributed by atoms with E-state index in [1.54, 1.807) is 24.3 Å². The molecule has 0 aliphatic carbocycles. The quantitative estimate of drug-likeness (QED) is 0.779. The molecule has 1 aliphatic rings. The minimum Gasteiger partial charge on any atom is -0.480 e. The van der Waals surface area contributed by atoms with Gasteiger partial charge in [0, 0.05) is 6.54 Å². The Morgan fingerprint density at radius 3 is 2.52 bits per heavy atom. The fourth-order valence-corrected chi connectivity index (χ4v) is 2.88. The van der Waals surface area contributed by atoms with Crippen LogP contribution in [0, 0.1) is 0 Å². The van der Waals surface area contributed by atoms with Crippen molar-refractivity contribution in [2.75, 3.05) is 18.4 Å². The normalized spacial score (nSPS) is 15.3. The molecule has 2 N–H and O–H groups in total. The lowest BCUT2D eigenvalue weighted by atomic mass is 10.1. The monoisotopic (exact) mass is 368 g/mol. The third-order valence-corrected chi connectivity index (χ3v) is 4.26. The zero-order valence-corrected chi connectivity index (χ0v) is 14.6. The highest BCUT2D eigenvalue weighted by Crippen LogP contribution is 2.29. The first-order valence-electron chi connectivity index (χ1n) is 8.63. The van der Waals surface area contributed by atoms with Crippen LogP contribution in [-0.4, -0.2) is 47.0 Å². The second-order valence-electron chi connectivity index (χ2n) is 6.24. The minimum absolute atomic E-state index is 0.220. The molecule has 0 radical (unpaired) electrons. The third kappa shape index (κ3) is 4.84. The summed E-state index contributed by atoms with van der Waals surface area (Å²) in [6.45, 7) is -0.170. The molecule has 2 amide bonds. The SMILES string of the molecule is O=C(O)CN(CCc1ccccc1)C(=O)CC1Oc2ccccc2NC1=O. The number of nitrogens with zero attached hydrogens (tertiary/aromatic N) is 1. The van der Waals surface area contributed by atoms with Gasteiger partial charge in [0.05, 0.1) is 12.1 Å². The molecule has 2 aromatic rings. The first-order chi connectivity index (χ1) is 13.0. The van der Waals surface area contributed by atoms with Crippen molar-refractivity contribution in [2.24, 2.45) is 0 Å². The van der Waals surface area contributed by atoms with E-state index in [-0.39, 0.29) is 13.0 Å². The van der Waals surface area contributed by atoms with Gasteiger partial charge in [-0.25, -0.2) is 0 Å². The Morgan fingerprint density at radius 2 is 1.78 bits per heavy atom. The zero-order chi connectivity index (χ0) is 19.2. The van der Waals surface area contributed by atoms with Crippen molar-refractivity contribution >= 4 is 23.5 Å². The van der Waals surface area contributed by atoms with E-state index in [2.05, 4.69) is 5.32 Å². The predicted molar refractivity (Wildman–Crippen MR) is 98.5 cm³/mol. The standard InChI is InChI=1S/C20H20N2O5/c23-18(12-17-20(26)21-15-8-4-5-9-16(15)27-17)22(13-19(24)25)11-10-14-6-2-1-3-7-14/h1-9,17H,10-13H2,(H,21,26)(H,24,25). The average Bonchev–Trinajstić information content (AvgIpc) is 2.66. The number of amides is 2. The Balaban J connectivity index is 1.65. The number of carboxylic acid groups (broad SMARTS) is 1. The molecule has 0 bridgehead atoms. The van der Waals surface area contributed by atoms with E-state index in [4.69, 9.17) is 9.84 Å². The van der Waals surface area contributed by atoms with Crippen LogP contribution in [0.2, 0.25) is 0 Å². The third-order valence-electron chi connectivity index (χ3n) is 4.26. The minimum atomic E-state index is -1.10. The van der Waals surface area contributed by atoms with Crippen molar-refractivity contribution in [1.82, 2.24) is 4.90 Å². The number of anilines is 1. The summed E-state index contributed by atoms with van der Waals surface area (Å²) in [4.78, 5) is 37.2. The molecular formula is C20H20N2O5. The van der Waals surface area contributed by atoms with Gasteiger partial charge in [0.15, 0.2) is 6.10 Å². The largest absolute Gasteiger partial charge is 0.480 e. The van der Waals surface area contributed by atoms with E-state index >= 15 is 0 Å². The van der Waals surface area contributed by atoms with Crippen LogP contribution in [0.3, 0.4) is 0 Å². The van der Waals surface area contributed by atoms with Gasteiger partial charge in [-0.05, 0) is 24.1 Å². The summed E-state index contributed by atoms with van der Waals surface area (Å²) in [5.41, 5.74) is 1.55. The highest BCUT2D eigenvalue weighted by molar-refractivity contribution is 6.00. The molecule has 1 atom stereocenters. The van der Waals surface area contributed by atoms with Gasteiger partial charge in [0.25, 0.3) is 5.91 Å². The van der Waals surface area contributed by atoms with E-state index in [0.717, 1.165) is 5.56 Å². The van der Waals surface area contributed by atoms with E-state index in [1.165, 1.54) is 4.90 Å². The molecule has 7 heteroatoms. The van der Waals surface area contributed by atoms with Gasteiger partial charge in [0.1, 0.15) is 12.3 Å². The number of carbonyl (C=O) groups excluding carboxylic acids is 2. The molecule has 0 spiro atoms. The first kappa shape index (κ1) is 18.4. The summed E-state index contributed by atoms with van der Waals surface area (Å²) in [5, 5.41) is 11.8. The molecule has 1 heterocycles. The number of ether oxygens (including phenoxy) is 1. The molecule has 27 heavy (non-hydrogen) atoms. The van der Waals surface area contributed by atoms with Crippen molar-refractivity contribution in [2.45, 2.75) is 18.9 Å². The Morgan fingerprint density at radius 1 is 1.07 bits per heavy atom. The predicted octanol–water partition coefficient (Wildman–Crippen LogP) is 1.93. The average molecular weight is 368 g/mol. The maximum Gasteiger partial charge on any atom is 0.323 e. The first-order valence-corrected chi connectivity index (χ1v) is 8.63. The molecule has 0 saturated heterocycles. The summed E-state index contributed by atoms with van der Waals surface area (Å²) in [5.74, 6) is -1.46. The number of fused-ring (bicyclic) bond motifs is 1. The lowest BCUT2D eigenvalue weighted by molar-refractivity contribution is -0.145. The number of nitrogens with one attached hydrogen (secondary N) is 1. The summed E-state index contributed by atoms with van der Waals surface area (Å²) in [7, 11) is 0. The molecule has 140 valence electrons. The van der Waals surface area contributed by atoms with Crippen LogP contribution in [0.1, 0.15) is 12.0 Å². The zero-order valence-electron chi connectivity index (χ0n) is 14.6. The van der Waals surface area contributed by atoms with E-state index in [0.29, 0.717) is 17.9 Å². The molecule has 0 saturated carbocycles. The van der Waals surface area contributed by atoms with Crippen LogP contribution < -0.4 is 10.1 Å². The van der Waals surface area contributed by atoms with Gasteiger partial charge in [-0.1, -0.05) is 42.5 Å². The lowest BCUT2D eigenvalue weighted by Crippen LogP contribution is -2.44. The molecule has 0 aromatic heterocycles. The van der Waals surface area contributed by atoms with Crippen LogP contribution in [0.5, 0.6) is 5.75 Å². The van der Waals surface area contributed by atoms with Crippen LogP contribution >= 0.6 is 0 Å². The summed E-state index contributed by atoms with van der Waals surface area (Å²) in [6.07, 6.45) is -0.678. The van der Waals surface area contributed by atoms with Gasteiger partial charge in [-0.2, -0.15) is 0 Å². The summed E-state index contributed by atoms with van der Waals surface area (Å²) >= 11 is 0. The van der Waals surface area contributed by atoms with Crippen LogP contribution in [0.15, 0.2) is 54.6 Å². The second-order valence-corrected chi connectivity index (χ2v) is 6.24. The number of carboxylic acids is 1. The Labute approximate surface area is 156 Å². The van der Waals surface area contributed by atoms with Crippen LogP contribution in [0.25, 0.3) is 0 Å². The van der Waals surface area contributed by atoms with Gasteiger partial charge < -0.3 is 20.1 Å². The van der Waals surface area contributed by atoms with Crippen molar-refractivity contribution in [3.05, 3.63) is 60.2 Å². The maximum absolute atomic E-state index is 12.6. The van der Waals surface area contributed by atoms with Gasteiger partial charge in [-0.15, -0.1) is 0 Å². The maximum atomic E-state index is 12.6. The Bertz CT molecular complexity index is 837. The lowest BCUT2D eigenvalue weighted by Gasteiger charge is -2.27. The second kappa shape index (κ2) is 8.35. The molecular weight excluding hydrogens is 348 g/mol. The molecule has 3 rings (SSSR count). The number of rotatable bonds is 7. The number of aliphatic carboxylic acids is 1. The van der Waals surface area contributed by atoms with Crippen LogP contribution in [0.4, 0.5) is 5.69 Å². The van der Waals surface area contributed by atoms with Crippen molar-refractivity contribution in [3.8, 4) is 5.75 Å². The highest BCUT2D eigenvalue weighted by atomic mass is 16.5. The molecule has 7 nitrogen and oxygen atoms in total. The smallest absolute Gasteiger partial charge is 0.323 e. The topological polar surface area (TPSA) is 95.9 Å². The van der Waals surface area contributed by atoms with E-state index in [9.17, 15) is 14.4 Å². The van der Waals surface area contributed by atoms with Gasteiger partial charge >= 0.3 is 5.97 Å². The van der Waals surface area contributed by atoms with E-state index < -0.39 is 30.4 Å². The van der Waals surface area contributed by atoms with Crippen molar-refractivity contribution in [1.29, 1.82) is 0 Å². The fraction of sp³-hybridized carbons (Fsp3) is 0.250. The fourth-order valence-electron chi connectivity index (χ4n) is 2.88. The van der Waals surface area contributed by atoms with Crippen LogP contribution in [-0.2, 0) is 20.8 Å². The Hall–Kier alpha value is -3.35. The molecule has 1 aliphatic heterocycles. The molecule has 2 aromatic carbocycles. The number of benzene rings is 2. The highest BCUT2D eigenvalue weighted by Gasteiger charge is 2.31. The summed E-state index contributed by atoms with van der Waals surface area (Å²) in [6, 6.07) is 16.4. The molecule has 1 unspecified atom stereocenters. The number of hydrogen-bond acceptors (Lipinski definition) is 4. The number of para-hydroxylation sites is 2. The Kier molecular flexibility index (Phi) is 5.71.